The van der Waals surface area contributed by atoms with Gasteiger partial charge < -0.3 is 5.11 Å². The van der Waals surface area contributed by atoms with E-state index in [-0.39, 0.29) is 5.57 Å². The van der Waals surface area contributed by atoms with Crippen LogP contribution < -0.4 is 0 Å². The largest absolute Gasteiger partial charge is 0.478 e. The molecule has 1 aromatic rings. The van der Waals surface area contributed by atoms with Crippen molar-refractivity contribution in [3.05, 3.63) is 47.0 Å². The summed E-state index contributed by atoms with van der Waals surface area (Å²) in [6, 6.07) is 7.49. The van der Waals surface area contributed by atoms with Crippen molar-refractivity contribution in [2.45, 2.75) is 6.54 Å². The van der Waals surface area contributed by atoms with Crippen molar-refractivity contribution in [2.24, 2.45) is 0 Å². The molecule has 0 spiro atoms. The standard InChI is InChI=1S/C12H14ClNO2/c1-9(12(15)16)7-14(2)8-10-4-3-5-11(13)6-10/h3-6H,1,7-8H2,2H3,(H,15,16). The molecular weight excluding hydrogens is 226 g/mol. The topological polar surface area (TPSA) is 40.5 Å². The van der Waals surface area contributed by atoms with Crippen LogP contribution in [-0.4, -0.2) is 29.6 Å². The first-order valence-electron chi connectivity index (χ1n) is 4.83. The van der Waals surface area contributed by atoms with Gasteiger partial charge in [-0.05, 0) is 24.7 Å². The minimum absolute atomic E-state index is 0.185. The van der Waals surface area contributed by atoms with Crippen LogP contribution in [-0.2, 0) is 11.3 Å². The average Bonchev–Trinajstić information content (AvgIpc) is 2.16. The summed E-state index contributed by atoms with van der Waals surface area (Å²) >= 11 is 5.85. The lowest BCUT2D eigenvalue weighted by Gasteiger charge is -2.16. The third kappa shape index (κ3) is 4.04. The van der Waals surface area contributed by atoms with E-state index in [1.807, 2.05) is 30.1 Å². The lowest BCUT2D eigenvalue weighted by Crippen LogP contribution is -2.23. The molecule has 0 aliphatic carbocycles. The Morgan fingerprint density at radius 2 is 2.25 bits per heavy atom. The summed E-state index contributed by atoms with van der Waals surface area (Å²) in [7, 11) is 1.84. The second kappa shape index (κ2) is 5.68. The highest BCUT2D eigenvalue weighted by molar-refractivity contribution is 6.30. The van der Waals surface area contributed by atoms with Crippen LogP contribution >= 0.6 is 11.6 Å². The summed E-state index contributed by atoms with van der Waals surface area (Å²) in [4.78, 5) is 12.5. The van der Waals surface area contributed by atoms with Crippen molar-refractivity contribution in [2.75, 3.05) is 13.6 Å². The van der Waals surface area contributed by atoms with Crippen LogP contribution in [0.4, 0.5) is 0 Å². The zero-order valence-electron chi connectivity index (χ0n) is 9.11. The van der Waals surface area contributed by atoms with Gasteiger partial charge >= 0.3 is 5.97 Å². The number of carboxylic acid groups (broad SMARTS) is 1. The number of likely N-dealkylation sites (N-methyl/N-ethyl adjacent to an activating group) is 1. The van der Waals surface area contributed by atoms with Gasteiger partial charge in [0.2, 0.25) is 0 Å². The molecule has 0 aliphatic rings. The van der Waals surface area contributed by atoms with Crippen molar-refractivity contribution in [1.82, 2.24) is 4.90 Å². The Hall–Kier alpha value is -1.32. The summed E-state index contributed by atoms with van der Waals surface area (Å²) in [5.74, 6) is -0.960. The van der Waals surface area contributed by atoms with Crippen LogP contribution in [0.3, 0.4) is 0 Å². The highest BCUT2D eigenvalue weighted by Gasteiger charge is 2.08. The number of carboxylic acids is 1. The Labute approximate surface area is 100.0 Å². The maximum absolute atomic E-state index is 10.6. The van der Waals surface area contributed by atoms with Gasteiger partial charge in [0.15, 0.2) is 0 Å². The van der Waals surface area contributed by atoms with Crippen molar-refractivity contribution in [3.8, 4) is 0 Å². The molecule has 16 heavy (non-hydrogen) atoms. The number of halogens is 1. The Morgan fingerprint density at radius 1 is 1.56 bits per heavy atom. The molecule has 86 valence electrons. The second-order valence-electron chi connectivity index (χ2n) is 3.71. The van der Waals surface area contributed by atoms with Gasteiger partial charge in [-0.3, -0.25) is 4.90 Å². The highest BCUT2D eigenvalue weighted by Crippen LogP contribution is 2.12. The normalized spacial score (nSPS) is 10.4. The molecule has 0 atom stereocenters. The molecule has 1 aromatic carbocycles. The van der Waals surface area contributed by atoms with Crippen molar-refractivity contribution in [3.63, 3.8) is 0 Å². The average molecular weight is 240 g/mol. The van der Waals surface area contributed by atoms with Gasteiger partial charge in [0, 0.05) is 23.7 Å². The summed E-state index contributed by atoms with van der Waals surface area (Å²) in [5, 5.41) is 9.38. The van der Waals surface area contributed by atoms with Gasteiger partial charge in [-0.15, -0.1) is 0 Å². The summed E-state index contributed by atoms with van der Waals surface area (Å²) in [6.07, 6.45) is 0. The maximum Gasteiger partial charge on any atom is 0.332 e. The monoisotopic (exact) mass is 239 g/mol. The van der Waals surface area contributed by atoms with E-state index >= 15 is 0 Å². The fourth-order valence-electron chi connectivity index (χ4n) is 1.40. The van der Waals surface area contributed by atoms with Crippen LogP contribution in [0.25, 0.3) is 0 Å². The molecule has 3 nitrogen and oxygen atoms in total. The Morgan fingerprint density at radius 3 is 2.81 bits per heavy atom. The molecule has 0 saturated heterocycles. The number of hydrogen-bond donors (Lipinski definition) is 1. The van der Waals surface area contributed by atoms with Crippen LogP contribution in [0.5, 0.6) is 0 Å². The molecule has 0 unspecified atom stereocenters. The zero-order chi connectivity index (χ0) is 12.1. The van der Waals surface area contributed by atoms with E-state index in [1.54, 1.807) is 6.07 Å². The summed E-state index contributed by atoms with van der Waals surface area (Å²) < 4.78 is 0. The number of aliphatic carboxylic acids is 1. The van der Waals surface area contributed by atoms with Crippen LogP contribution in [0.1, 0.15) is 5.56 Å². The molecule has 0 saturated carbocycles. The van der Waals surface area contributed by atoms with E-state index in [0.717, 1.165) is 5.56 Å². The molecule has 0 amide bonds. The van der Waals surface area contributed by atoms with Crippen LogP contribution in [0.2, 0.25) is 5.02 Å². The Kier molecular flexibility index (Phi) is 4.52. The van der Waals surface area contributed by atoms with E-state index in [9.17, 15) is 4.79 Å². The van der Waals surface area contributed by atoms with Gasteiger partial charge in [-0.25, -0.2) is 4.79 Å². The van der Waals surface area contributed by atoms with Gasteiger partial charge in [0.05, 0.1) is 0 Å². The minimum Gasteiger partial charge on any atom is -0.478 e. The lowest BCUT2D eigenvalue weighted by atomic mass is 10.2. The number of benzene rings is 1. The Balaban J connectivity index is 2.55. The molecule has 0 bridgehead atoms. The fraction of sp³-hybridized carbons (Fsp3) is 0.250. The van der Waals surface area contributed by atoms with E-state index in [2.05, 4.69) is 6.58 Å². The van der Waals surface area contributed by atoms with Crippen LogP contribution in [0, 0.1) is 0 Å². The first kappa shape index (κ1) is 12.7. The first-order chi connectivity index (χ1) is 7.49. The zero-order valence-corrected chi connectivity index (χ0v) is 9.87. The summed E-state index contributed by atoms with van der Waals surface area (Å²) in [5.41, 5.74) is 1.23. The number of nitrogens with zero attached hydrogens (tertiary/aromatic N) is 1. The summed E-state index contributed by atoms with van der Waals surface area (Å²) in [6.45, 7) is 4.47. The number of carbonyl (C=O) groups is 1. The molecule has 0 aromatic heterocycles. The van der Waals surface area contributed by atoms with Crippen molar-refractivity contribution in [1.29, 1.82) is 0 Å². The molecule has 0 heterocycles. The lowest BCUT2D eigenvalue weighted by molar-refractivity contribution is -0.132. The number of rotatable bonds is 5. The molecule has 4 heteroatoms. The predicted octanol–water partition coefficient (Wildman–Crippen LogP) is 2.41. The molecular formula is C12H14ClNO2. The third-order valence-electron chi connectivity index (χ3n) is 2.10. The SMILES string of the molecule is C=C(CN(C)Cc1cccc(Cl)c1)C(=O)O. The highest BCUT2D eigenvalue weighted by atomic mass is 35.5. The molecule has 0 radical (unpaired) electrons. The molecule has 0 aliphatic heterocycles. The fourth-order valence-corrected chi connectivity index (χ4v) is 1.61. The maximum atomic E-state index is 10.6. The van der Waals surface area contributed by atoms with Gasteiger partial charge in [0.25, 0.3) is 0 Å². The van der Waals surface area contributed by atoms with Gasteiger partial charge in [-0.2, -0.15) is 0 Å². The first-order valence-corrected chi connectivity index (χ1v) is 5.21. The van der Waals surface area contributed by atoms with E-state index < -0.39 is 5.97 Å². The molecule has 0 fully saturated rings. The van der Waals surface area contributed by atoms with E-state index in [4.69, 9.17) is 16.7 Å². The van der Waals surface area contributed by atoms with Gasteiger partial charge in [-0.1, -0.05) is 30.3 Å². The van der Waals surface area contributed by atoms with E-state index in [0.29, 0.717) is 18.1 Å². The van der Waals surface area contributed by atoms with Crippen molar-refractivity contribution >= 4 is 17.6 Å². The van der Waals surface area contributed by atoms with Crippen molar-refractivity contribution < 1.29 is 9.90 Å². The van der Waals surface area contributed by atoms with E-state index in [1.165, 1.54) is 0 Å². The second-order valence-corrected chi connectivity index (χ2v) is 4.15. The quantitative estimate of drug-likeness (QED) is 0.803. The Bertz CT molecular complexity index is 404. The number of hydrogen-bond acceptors (Lipinski definition) is 2. The van der Waals surface area contributed by atoms with Crippen LogP contribution in [0.15, 0.2) is 36.4 Å². The van der Waals surface area contributed by atoms with Gasteiger partial charge in [0.1, 0.15) is 0 Å². The molecule has 1 rings (SSSR count). The smallest absolute Gasteiger partial charge is 0.332 e. The third-order valence-corrected chi connectivity index (χ3v) is 2.34. The predicted molar refractivity (Wildman–Crippen MR) is 64.6 cm³/mol. The minimum atomic E-state index is -0.960. The molecule has 1 N–H and O–H groups in total.